The molecule has 1 aromatic heterocycles. The van der Waals surface area contributed by atoms with E-state index in [0.717, 1.165) is 21.3 Å². The van der Waals surface area contributed by atoms with Gasteiger partial charge in [0.25, 0.3) is 15.9 Å². The maximum atomic E-state index is 12.9. The van der Waals surface area contributed by atoms with E-state index in [9.17, 15) is 13.2 Å². The first-order valence-corrected chi connectivity index (χ1v) is 12.4. The Labute approximate surface area is 196 Å². The standard InChI is InChI=1S/C24H23N3O4S2/c1-15-8-9-16(2)22-21(15)27(3)24(32-22)25-23(28)17-6-5-7-18(14-17)26-33(29,30)20-12-10-19(31-4)11-13-20/h5-14,26H,1-4H3. The maximum Gasteiger partial charge on any atom is 0.279 e. The molecule has 170 valence electrons. The van der Waals surface area contributed by atoms with Crippen LogP contribution in [-0.2, 0) is 17.1 Å². The zero-order valence-electron chi connectivity index (χ0n) is 18.6. The molecular formula is C24H23N3O4S2. The number of nitrogens with zero attached hydrogens (tertiary/aromatic N) is 2. The largest absolute Gasteiger partial charge is 0.497 e. The number of carbonyl (C=O) groups is 1. The van der Waals surface area contributed by atoms with Crippen molar-refractivity contribution in [3.8, 4) is 5.75 Å². The highest BCUT2D eigenvalue weighted by Crippen LogP contribution is 2.24. The van der Waals surface area contributed by atoms with Crippen LogP contribution in [0.2, 0.25) is 0 Å². The van der Waals surface area contributed by atoms with E-state index in [4.69, 9.17) is 4.74 Å². The normalized spacial score (nSPS) is 12.2. The van der Waals surface area contributed by atoms with Crippen LogP contribution in [0.1, 0.15) is 21.5 Å². The van der Waals surface area contributed by atoms with E-state index in [2.05, 4.69) is 15.8 Å². The number of sulfonamides is 1. The Balaban J connectivity index is 1.65. The predicted molar refractivity (Wildman–Crippen MR) is 130 cm³/mol. The molecule has 1 amide bonds. The van der Waals surface area contributed by atoms with Gasteiger partial charge in [-0.2, -0.15) is 4.99 Å². The van der Waals surface area contributed by atoms with Crippen LogP contribution in [-0.4, -0.2) is 26.0 Å². The molecule has 0 fully saturated rings. The molecule has 0 unspecified atom stereocenters. The Kier molecular flexibility index (Phi) is 6.09. The van der Waals surface area contributed by atoms with Gasteiger partial charge in [-0.3, -0.25) is 9.52 Å². The van der Waals surface area contributed by atoms with Crippen LogP contribution in [0.3, 0.4) is 0 Å². The van der Waals surface area contributed by atoms with Crippen molar-refractivity contribution < 1.29 is 17.9 Å². The number of ether oxygens (including phenoxy) is 1. The highest BCUT2D eigenvalue weighted by molar-refractivity contribution is 7.92. The molecule has 0 aliphatic heterocycles. The van der Waals surface area contributed by atoms with Gasteiger partial charge < -0.3 is 9.30 Å². The van der Waals surface area contributed by atoms with Crippen LogP contribution in [0.15, 0.2) is 70.6 Å². The molecule has 0 bridgehead atoms. The van der Waals surface area contributed by atoms with E-state index in [1.807, 2.05) is 31.5 Å². The molecule has 0 saturated carbocycles. The molecule has 4 aromatic rings. The summed E-state index contributed by atoms with van der Waals surface area (Å²) >= 11 is 1.46. The molecule has 0 radical (unpaired) electrons. The summed E-state index contributed by atoms with van der Waals surface area (Å²) in [6, 6.07) is 16.5. The summed E-state index contributed by atoms with van der Waals surface area (Å²) in [6.45, 7) is 4.06. The highest BCUT2D eigenvalue weighted by Gasteiger charge is 2.16. The number of hydrogen-bond donors (Lipinski definition) is 1. The first-order valence-electron chi connectivity index (χ1n) is 10.1. The summed E-state index contributed by atoms with van der Waals surface area (Å²) in [6.07, 6.45) is 0. The van der Waals surface area contributed by atoms with E-state index in [1.54, 1.807) is 30.3 Å². The number of aryl methyl sites for hydroxylation is 3. The van der Waals surface area contributed by atoms with E-state index in [1.165, 1.54) is 36.6 Å². The average molecular weight is 482 g/mol. The molecule has 3 aromatic carbocycles. The average Bonchev–Trinajstić information content (AvgIpc) is 3.13. The lowest BCUT2D eigenvalue weighted by Crippen LogP contribution is -2.15. The van der Waals surface area contributed by atoms with Gasteiger partial charge in [-0.1, -0.05) is 29.5 Å². The Morgan fingerprint density at radius 2 is 1.73 bits per heavy atom. The van der Waals surface area contributed by atoms with Gasteiger partial charge in [-0.15, -0.1) is 0 Å². The van der Waals surface area contributed by atoms with Gasteiger partial charge in [0.2, 0.25) is 0 Å². The third-order valence-electron chi connectivity index (χ3n) is 5.27. The van der Waals surface area contributed by atoms with Crippen molar-refractivity contribution in [1.82, 2.24) is 4.57 Å². The van der Waals surface area contributed by atoms with Gasteiger partial charge in [0.1, 0.15) is 5.75 Å². The lowest BCUT2D eigenvalue weighted by atomic mass is 10.1. The lowest BCUT2D eigenvalue weighted by molar-refractivity contribution is 0.0998. The molecule has 0 atom stereocenters. The second-order valence-electron chi connectivity index (χ2n) is 7.60. The van der Waals surface area contributed by atoms with Crippen LogP contribution < -0.4 is 14.3 Å². The van der Waals surface area contributed by atoms with Crippen LogP contribution >= 0.6 is 11.3 Å². The molecule has 9 heteroatoms. The fourth-order valence-corrected chi connectivity index (χ4v) is 5.72. The van der Waals surface area contributed by atoms with Crippen molar-refractivity contribution in [2.24, 2.45) is 12.0 Å². The van der Waals surface area contributed by atoms with Crippen LogP contribution in [0.4, 0.5) is 5.69 Å². The number of fused-ring (bicyclic) bond motifs is 1. The van der Waals surface area contributed by atoms with Crippen molar-refractivity contribution in [3.05, 3.63) is 82.2 Å². The number of rotatable bonds is 5. The molecule has 4 rings (SSSR count). The third kappa shape index (κ3) is 4.55. The smallest absolute Gasteiger partial charge is 0.279 e. The van der Waals surface area contributed by atoms with E-state index in [-0.39, 0.29) is 16.1 Å². The van der Waals surface area contributed by atoms with Crippen molar-refractivity contribution >= 4 is 43.2 Å². The number of benzene rings is 3. The second-order valence-corrected chi connectivity index (χ2v) is 10.3. The number of nitrogens with one attached hydrogen (secondary N) is 1. The molecule has 0 spiro atoms. The first-order chi connectivity index (χ1) is 15.7. The second kappa shape index (κ2) is 8.84. The van der Waals surface area contributed by atoms with Crippen LogP contribution in [0.25, 0.3) is 10.2 Å². The van der Waals surface area contributed by atoms with Gasteiger partial charge in [-0.25, -0.2) is 8.42 Å². The zero-order valence-corrected chi connectivity index (χ0v) is 20.3. The van der Waals surface area contributed by atoms with Gasteiger partial charge in [-0.05, 0) is 67.4 Å². The molecule has 0 saturated heterocycles. The van der Waals surface area contributed by atoms with Crippen molar-refractivity contribution in [2.75, 3.05) is 11.8 Å². The van der Waals surface area contributed by atoms with E-state index in [0.29, 0.717) is 10.6 Å². The Hall–Kier alpha value is -3.43. The number of carbonyl (C=O) groups excluding carboxylic acids is 1. The SMILES string of the molecule is COc1ccc(S(=O)(=O)Nc2cccc(C(=O)N=c3sc4c(C)ccc(C)c4n3C)c2)cc1. The summed E-state index contributed by atoms with van der Waals surface area (Å²) < 4.78 is 36.0. The van der Waals surface area contributed by atoms with Crippen molar-refractivity contribution in [3.63, 3.8) is 0 Å². The number of hydrogen-bond acceptors (Lipinski definition) is 5. The summed E-state index contributed by atoms with van der Waals surface area (Å²) in [7, 11) is -0.427. The zero-order chi connectivity index (χ0) is 23.8. The summed E-state index contributed by atoms with van der Waals surface area (Å²) in [4.78, 5) is 17.9. The van der Waals surface area contributed by atoms with Crippen LogP contribution in [0.5, 0.6) is 5.75 Å². The summed E-state index contributed by atoms with van der Waals surface area (Å²) in [5.74, 6) is 0.112. The predicted octanol–water partition coefficient (Wildman–Crippen LogP) is 4.41. The van der Waals surface area contributed by atoms with Gasteiger partial charge in [0.05, 0.1) is 22.2 Å². The Bertz CT molecular complexity index is 1530. The molecule has 0 aliphatic rings. The number of amides is 1. The quantitative estimate of drug-likeness (QED) is 0.457. The van der Waals surface area contributed by atoms with Crippen molar-refractivity contribution in [1.29, 1.82) is 0 Å². The maximum absolute atomic E-state index is 12.9. The number of anilines is 1. The number of thiazole rings is 1. The van der Waals surface area contributed by atoms with Crippen LogP contribution in [0, 0.1) is 13.8 Å². The topological polar surface area (TPSA) is 89.8 Å². The first kappa shape index (κ1) is 22.8. The lowest BCUT2D eigenvalue weighted by Gasteiger charge is -2.09. The minimum Gasteiger partial charge on any atom is -0.497 e. The van der Waals surface area contributed by atoms with Gasteiger partial charge >= 0.3 is 0 Å². The molecule has 1 N–H and O–H groups in total. The molecule has 0 aliphatic carbocycles. The number of methoxy groups -OCH3 is 1. The van der Waals surface area contributed by atoms with E-state index < -0.39 is 15.9 Å². The number of aromatic nitrogens is 1. The third-order valence-corrected chi connectivity index (χ3v) is 7.94. The monoisotopic (exact) mass is 481 g/mol. The fourth-order valence-electron chi connectivity index (χ4n) is 3.51. The van der Waals surface area contributed by atoms with E-state index >= 15 is 0 Å². The molecule has 33 heavy (non-hydrogen) atoms. The van der Waals surface area contributed by atoms with Gasteiger partial charge in [0, 0.05) is 18.3 Å². The Morgan fingerprint density at radius 3 is 2.39 bits per heavy atom. The summed E-state index contributed by atoms with van der Waals surface area (Å²) in [5, 5.41) is 0. The summed E-state index contributed by atoms with van der Waals surface area (Å²) in [5.41, 5.74) is 3.85. The Morgan fingerprint density at radius 1 is 1.03 bits per heavy atom. The molecule has 7 nitrogen and oxygen atoms in total. The van der Waals surface area contributed by atoms with Gasteiger partial charge in [0.15, 0.2) is 4.80 Å². The minimum atomic E-state index is -3.82. The highest BCUT2D eigenvalue weighted by atomic mass is 32.2. The van der Waals surface area contributed by atoms with Crippen molar-refractivity contribution in [2.45, 2.75) is 18.7 Å². The minimum absolute atomic E-state index is 0.0905. The fraction of sp³-hybridized carbons (Fsp3) is 0.167. The molecular weight excluding hydrogens is 458 g/mol. The molecule has 1 heterocycles.